The normalized spacial score (nSPS) is 21.0. The van der Waals surface area contributed by atoms with Crippen molar-refractivity contribution in [1.82, 2.24) is 15.4 Å². The van der Waals surface area contributed by atoms with Gasteiger partial charge in [-0.2, -0.15) is 0 Å². The van der Waals surface area contributed by atoms with Gasteiger partial charge in [0.25, 0.3) is 5.91 Å². The van der Waals surface area contributed by atoms with Crippen LogP contribution in [0.2, 0.25) is 5.02 Å². The molecule has 0 bridgehead atoms. The van der Waals surface area contributed by atoms with Crippen molar-refractivity contribution in [1.29, 1.82) is 0 Å². The van der Waals surface area contributed by atoms with E-state index >= 15 is 0 Å². The number of rotatable bonds is 5. The molecule has 1 fully saturated rings. The maximum atomic E-state index is 14.5. The van der Waals surface area contributed by atoms with Gasteiger partial charge in [-0.1, -0.05) is 53.2 Å². The molecule has 3 aromatic rings. The van der Waals surface area contributed by atoms with Crippen molar-refractivity contribution in [2.45, 2.75) is 44.2 Å². The van der Waals surface area contributed by atoms with Crippen LogP contribution in [0, 0.1) is 12.7 Å². The van der Waals surface area contributed by atoms with Crippen LogP contribution in [-0.2, 0) is 5.54 Å². The van der Waals surface area contributed by atoms with E-state index in [-0.39, 0.29) is 39.3 Å². The second-order valence-corrected chi connectivity index (χ2v) is 9.01. The number of nitrogens with one attached hydrogen (secondary N) is 1. The number of carbonyl (C=O) groups excluding carboxylic acids is 1. The first kappa shape index (κ1) is 22.5. The molecule has 168 valence electrons. The maximum absolute atomic E-state index is 14.5. The van der Waals surface area contributed by atoms with Gasteiger partial charge in [-0.25, -0.2) is 4.39 Å². The highest BCUT2D eigenvalue weighted by atomic mass is 35.5. The van der Waals surface area contributed by atoms with E-state index in [1.807, 2.05) is 6.07 Å². The summed E-state index contributed by atoms with van der Waals surface area (Å²) < 4.78 is 19.7. The summed E-state index contributed by atoms with van der Waals surface area (Å²) in [6.07, 6.45) is 3.50. The fourth-order valence-corrected chi connectivity index (χ4v) is 5.03. The van der Waals surface area contributed by atoms with Gasteiger partial charge in [0.05, 0.1) is 10.6 Å². The summed E-state index contributed by atoms with van der Waals surface area (Å²) >= 11 is 6.20. The molecule has 0 saturated heterocycles. The van der Waals surface area contributed by atoms with Crippen LogP contribution >= 0.6 is 11.6 Å². The summed E-state index contributed by atoms with van der Waals surface area (Å²) in [4.78, 5) is 15.5. The second kappa shape index (κ2) is 9.04. The molecule has 1 amide bonds. The van der Waals surface area contributed by atoms with Crippen molar-refractivity contribution in [2.24, 2.45) is 0 Å². The van der Waals surface area contributed by atoms with Crippen LogP contribution in [0.25, 0.3) is 11.3 Å². The maximum Gasteiger partial charge on any atom is 0.257 e. The Morgan fingerprint density at radius 1 is 1.16 bits per heavy atom. The predicted molar refractivity (Wildman–Crippen MR) is 123 cm³/mol. The van der Waals surface area contributed by atoms with Crippen molar-refractivity contribution in [2.75, 3.05) is 14.1 Å². The first-order valence-corrected chi connectivity index (χ1v) is 11.2. The molecule has 7 heteroatoms. The van der Waals surface area contributed by atoms with Gasteiger partial charge in [-0.3, -0.25) is 9.69 Å². The summed E-state index contributed by atoms with van der Waals surface area (Å²) in [5, 5.41) is 7.24. The topological polar surface area (TPSA) is 58.4 Å². The lowest BCUT2D eigenvalue weighted by molar-refractivity contribution is 0.0758. The molecule has 32 heavy (non-hydrogen) atoms. The zero-order valence-electron chi connectivity index (χ0n) is 18.5. The van der Waals surface area contributed by atoms with Crippen LogP contribution in [-0.4, -0.2) is 36.1 Å². The first-order chi connectivity index (χ1) is 15.3. The molecule has 2 aromatic carbocycles. The molecule has 4 rings (SSSR count). The summed E-state index contributed by atoms with van der Waals surface area (Å²) in [7, 11) is 4.22. The van der Waals surface area contributed by atoms with E-state index in [1.165, 1.54) is 17.7 Å². The van der Waals surface area contributed by atoms with Gasteiger partial charge in [0, 0.05) is 11.6 Å². The van der Waals surface area contributed by atoms with Gasteiger partial charge in [0.15, 0.2) is 0 Å². The fraction of sp³-hybridized carbons (Fsp3) is 0.360. The minimum atomic E-state index is -0.545. The van der Waals surface area contributed by atoms with Crippen molar-refractivity contribution >= 4 is 17.5 Å². The average molecular weight is 456 g/mol. The second-order valence-electron chi connectivity index (χ2n) is 8.60. The van der Waals surface area contributed by atoms with E-state index in [1.54, 1.807) is 13.0 Å². The fourth-order valence-electron chi connectivity index (χ4n) is 4.77. The number of nitrogens with zero attached hydrogens (tertiary/aromatic N) is 2. The highest BCUT2D eigenvalue weighted by Gasteiger charge is 2.39. The predicted octanol–water partition coefficient (Wildman–Crippen LogP) is 5.57. The molecule has 1 N–H and O–H groups in total. The Balaban J connectivity index is 1.53. The number of benzene rings is 2. The standard InChI is InChI=1S/C25H27ClFN3O2/c1-16-21(23(29-32-16)22-19(26)10-7-11-20(22)27)24(31)28-18-12-14-25(15-13-18,30(2)3)17-8-5-4-6-9-17/h4-11,18H,12-15H2,1-3H3,(H,28,31). The van der Waals surface area contributed by atoms with E-state index in [0.29, 0.717) is 5.76 Å². The lowest BCUT2D eigenvalue weighted by atomic mass is 9.74. The van der Waals surface area contributed by atoms with Crippen LogP contribution in [0.1, 0.15) is 47.4 Å². The third kappa shape index (κ3) is 4.05. The number of halogens is 2. The van der Waals surface area contributed by atoms with Gasteiger partial charge >= 0.3 is 0 Å². The Morgan fingerprint density at radius 3 is 2.47 bits per heavy atom. The van der Waals surface area contributed by atoms with Gasteiger partial charge in [-0.05, 0) is 64.4 Å². The highest BCUT2D eigenvalue weighted by Crippen LogP contribution is 2.41. The molecule has 1 heterocycles. The third-order valence-corrected chi connectivity index (χ3v) is 6.92. The van der Waals surface area contributed by atoms with Gasteiger partial charge < -0.3 is 9.84 Å². The number of hydrogen-bond acceptors (Lipinski definition) is 4. The SMILES string of the molecule is Cc1onc(-c2c(F)cccc2Cl)c1C(=O)NC1CCC(c2ccccc2)(N(C)C)CC1. The van der Waals surface area contributed by atoms with Crippen molar-refractivity contribution in [3.8, 4) is 11.3 Å². The molecule has 1 aliphatic rings. The lowest BCUT2D eigenvalue weighted by Gasteiger charge is -2.45. The third-order valence-electron chi connectivity index (χ3n) is 6.60. The Kier molecular flexibility index (Phi) is 6.35. The summed E-state index contributed by atoms with van der Waals surface area (Å²) in [5.74, 6) is -0.532. The lowest BCUT2D eigenvalue weighted by Crippen LogP contribution is -2.48. The average Bonchev–Trinajstić information content (AvgIpc) is 3.16. The van der Waals surface area contributed by atoms with E-state index in [9.17, 15) is 9.18 Å². The Bertz CT molecular complexity index is 1090. The Morgan fingerprint density at radius 2 is 1.84 bits per heavy atom. The number of aryl methyl sites for hydroxylation is 1. The molecule has 0 aliphatic heterocycles. The van der Waals surface area contributed by atoms with E-state index in [0.717, 1.165) is 25.7 Å². The minimum Gasteiger partial charge on any atom is -0.360 e. The molecule has 0 unspecified atom stereocenters. The number of aromatic nitrogens is 1. The van der Waals surface area contributed by atoms with E-state index < -0.39 is 5.82 Å². The minimum absolute atomic E-state index is 0.0116. The molecule has 0 atom stereocenters. The van der Waals surface area contributed by atoms with Crippen LogP contribution in [0.15, 0.2) is 53.1 Å². The molecule has 5 nitrogen and oxygen atoms in total. The van der Waals surface area contributed by atoms with Crippen LogP contribution in [0.3, 0.4) is 0 Å². The summed E-state index contributed by atoms with van der Waals surface area (Å²) in [5.41, 5.74) is 1.67. The molecule has 1 saturated carbocycles. The molecular formula is C25H27ClFN3O2. The quantitative estimate of drug-likeness (QED) is 0.546. The summed E-state index contributed by atoms with van der Waals surface area (Å²) in [6.45, 7) is 1.65. The number of carbonyl (C=O) groups is 1. The van der Waals surface area contributed by atoms with Gasteiger partial charge in [0.1, 0.15) is 22.8 Å². The molecule has 0 radical (unpaired) electrons. The smallest absolute Gasteiger partial charge is 0.257 e. The van der Waals surface area contributed by atoms with E-state index in [4.69, 9.17) is 16.1 Å². The molecular weight excluding hydrogens is 429 g/mol. The van der Waals surface area contributed by atoms with Gasteiger partial charge in [-0.15, -0.1) is 0 Å². The number of amides is 1. The van der Waals surface area contributed by atoms with Crippen LogP contribution in [0.5, 0.6) is 0 Å². The Hall–Kier alpha value is -2.70. The van der Waals surface area contributed by atoms with E-state index in [2.05, 4.69) is 53.7 Å². The monoisotopic (exact) mass is 455 g/mol. The first-order valence-electron chi connectivity index (χ1n) is 10.8. The summed E-state index contributed by atoms with van der Waals surface area (Å²) in [6, 6.07) is 14.9. The van der Waals surface area contributed by atoms with Gasteiger partial charge in [0.2, 0.25) is 0 Å². The molecule has 1 aliphatic carbocycles. The van der Waals surface area contributed by atoms with Crippen molar-refractivity contribution in [3.05, 3.63) is 76.3 Å². The zero-order chi connectivity index (χ0) is 22.9. The van der Waals surface area contributed by atoms with Crippen LogP contribution in [0.4, 0.5) is 4.39 Å². The van der Waals surface area contributed by atoms with Crippen LogP contribution < -0.4 is 5.32 Å². The largest absolute Gasteiger partial charge is 0.360 e. The van der Waals surface area contributed by atoms with Crippen molar-refractivity contribution < 1.29 is 13.7 Å². The highest BCUT2D eigenvalue weighted by molar-refractivity contribution is 6.33. The Labute approximate surface area is 192 Å². The molecule has 1 aromatic heterocycles. The molecule has 0 spiro atoms. The number of hydrogen-bond donors (Lipinski definition) is 1. The zero-order valence-corrected chi connectivity index (χ0v) is 19.2. The van der Waals surface area contributed by atoms with Crippen molar-refractivity contribution in [3.63, 3.8) is 0 Å².